The Kier molecular flexibility index (Phi) is 2.84. The van der Waals surface area contributed by atoms with Gasteiger partial charge >= 0.3 is 0 Å². The van der Waals surface area contributed by atoms with Crippen LogP contribution >= 0.6 is 22.9 Å². The highest BCUT2D eigenvalue weighted by molar-refractivity contribution is 7.18. The number of thiophene rings is 1. The quantitative estimate of drug-likeness (QED) is 0.750. The molecule has 0 aromatic carbocycles. The van der Waals surface area contributed by atoms with Crippen LogP contribution in [0.25, 0.3) is 0 Å². The molecule has 0 unspecified atom stereocenters. The normalized spacial score (nSPS) is 10.3. The molecule has 2 aromatic heterocycles. The Balaban J connectivity index is 2.36. The van der Waals surface area contributed by atoms with Crippen molar-refractivity contribution in [3.05, 3.63) is 50.9 Å². The fourth-order valence-corrected chi connectivity index (χ4v) is 2.26. The van der Waals surface area contributed by atoms with Gasteiger partial charge in [0, 0.05) is 18.0 Å². The first kappa shape index (κ1) is 10.3. The largest absolute Gasteiger partial charge is 0.288 e. The van der Waals surface area contributed by atoms with Gasteiger partial charge in [0.15, 0.2) is 0 Å². The third-order valence-corrected chi connectivity index (χ3v) is 3.16. The van der Waals surface area contributed by atoms with Crippen LogP contribution in [0.2, 0.25) is 4.34 Å². The summed E-state index contributed by atoms with van der Waals surface area (Å²) >= 11 is 7.06. The summed E-state index contributed by atoms with van der Waals surface area (Å²) in [5.41, 5.74) is 1.58. The van der Waals surface area contributed by atoms with Gasteiger partial charge in [-0.2, -0.15) is 0 Å². The number of hydrogen-bond donors (Lipinski definition) is 0. The fourth-order valence-electron chi connectivity index (χ4n) is 1.26. The van der Waals surface area contributed by atoms with Crippen LogP contribution in [-0.2, 0) is 0 Å². The van der Waals surface area contributed by atoms with Crippen molar-refractivity contribution in [3.8, 4) is 0 Å². The Morgan fingerprint density at radius 2 is 2.20 bits per heavy atom. The number of hydrogen-bond acceptors (Lipinski definition) is 3. The van der Waals surface area contributed by atoms with Crippen LogP contribution in [-0.4, -0.2) is 10.8 Å². The maximum Gasteiger partial charge on any atom is 0.204 e. The lowest BCUT2D eigenvalue weighted by atomic mass is 10.1. The summed E-state index contributed by atoms with van der Waals surface area (Å²) in [7, 11) is 0. The van der Waals surface area contributed by atoms with E-state index in [0.29, 0.717) is 14.8 Å². The van der Waals surface area contributed by atoms with Gasteiger partial charge in [-0.05, 0) is 30.7 Å². The first-order chi connectivity index (χ1) is 7.16. The van der Waals surface area contributed by atoms with Crippen LogP contribution in [0.5, 0.6) is 0 Å². The molecule has 0 aliphatic rings. The van der Waals surface area contributed by atoms with Gasteiger partial charge in [-0.25, -0.2) is 0 Å². The van der Waals surface area contributed by atoms with E-state index in [1.165, 1.54) is 11.3 Å². The highest BCUT2D eigenvalue weighted by Crippen LogP contribution is 2.23. The summed E-state index contributed by atoms with van der Waals surface area (Å²) in [5, 5.41) is 0. The minimum absolute atomic E-state index is 0.0249. The van der Waals surface area contributed by atoms with Crippen LogP contribution in [0.4, 0.5) is 0 Å². The van der Waals surface area contributed by atoms with Gasteiger partial charge < -0.3 is 0 Å². The second-order valence-corrected chi connectivity index (χ2v) is 4.90. The molecule has 0 spiro atoms. The Bertz CT molecular complexity index is 507. The zero-order valence-corrected chi connectivity index (χ0v) is 9.60. The SMILES string of the molecule is Cc1cncc(C(=O)c2ccc(Cl)s2)c1. The maximum absolute atomic E-state index is 11.9. The summed E-state index contributed by atoms with van der Waals surface area (Å²) in [6, 6.07) is 5.28. The predicted octanol–water partition coefficient (Wildman–Crippen LogP) is 3.34. The molecule has 0 N–H and O–H groups in total. The molecule has 0 aliphatic carbocycles. The van der Waals surface area contributed by atoms with Crippen LogP contribution in [0.1, 0.15) is 20.8 Å². The third kappa shape index (κ3) is 2.25. The average molecular weight is 238 g/mol. The van der Waals surface area contributed by atoms with E-state index in [9.17, 15) is 4.79 Å². The predicted molar refractivity (Wildman–Crippen MR) is 61.7 cm³/mol. The number of pyridine rings is 1. The third-order valence-electron chi connectivity index (χ3n) is 1.93. The van der Waals surface area contributed by atoms with E-state index in [1.54, 1.807) is 24.5 Å². The minimum atomic E-state index is -0.0249. The van der Waals surface area contributed by atoms with Gasteiger partial charge in [0.1, 0.15) is 0 Å². The van der Waals surface area contributed by atoms with Crippen molar-refractivity contribution in [3.63, 3.8) is 0 Å². The average Bonchev–Trinajstić information content (AvgIpc) is 2.64. The zero-order valence-electron chi connectivity index (χ0n) is 8.03. The van der Waals surface area contributed by atoms with Crippen molar-refractivity contribution in [2.45, 2.75) is 6.92 Å². The van der Waals surface area contributed by atoms with E-state index in [0.717, 1.165) is 5.56 Å². The number of carbonyl (C=O) groups is 1. The number of rotatable bonds is 2. The van der Waals surface area contributed by atoms with Crippen LogP contribution in [0, 0.1) is 6.92 Å². The van der Waals surface area contributed by atoms with Crippen molar-refractivity contribution in [1.29, 1.82) is 0 Å². The molecule has 0 atom stereocenters. The number of carbonyl (C=O) groups excluding carboxylic acids is 1. The second kappa shape index (κ2) is 4.13. The molecular formula is C11H8ClNOS. The van der Waals surface area contributed by atoms with E-state index in [-0.39, 0.29) is 5.78 Å². The van der Waals surface area contributed by atoms with Gasteiger partial charge in [0.25, 0.3) is 0 Å². The van der Waals surface area contributed by atoms with E-state index in [2.05, 4.69) is 4.98 Å². The number of ketones is 1. The van der Waals surface area contributed by atoms with Crippen molar-refractivity contribution >= 4 is 28.7 Å². The number of nitrogens with zero attached hydrogens (tertiary/aromatic N) is 1. The summed E-state index contributed by atoms with van der Waals surface area (Å²) in [5.74, 6) is -0.0249. The number of aromatic nitrogens is 1. The first-order valence-electron chi connectivity index (χ1n) is 4.38. The molecule has 0 amide bonds. The van der Waals surface area contributed by atoms with Gasteiger partial charge in [0.2, 0.25) is 5.78 Å². The highest BCUT2D eigenvalue weighted by Gasteiger charge is 2.11. The van der Waals surface area contributed by atoms with Crippen molar-refractivity contribution in [2.24, 2.45) is 0 Å². The molecule has 0 bridgehead atoms. The molecule has 0 saturated carbocycles. The van der Waals surface area contributed by atoms with E-state index in [4.69, 9.17) is 11.6 Å². The molecular weight excluding hydrogens is 230 g/mol. The van der Waals surface area contributed by atoms with Crippen LogP contribution in [0.3, 0.4) is 0 Å². The number of aryl methyl sites for hydroxylation is 1. The highest BCUT2D eigenvalue weighted by atomic mass is 35.5. The maximum atomic E-state index is 11.9. The fraction of sp³-hybridized carbons (Fsp3) is 0.0909. The van der Waals surface area contributed by atoms with Crippen molar-refractivity contribution < 1.29 is 4.79 Å². The van der Waals surface area contributed by atoms with Gasteiger partial charge in [-0.1, -0.05) is 11.6 Å². The molecule has 2 rings (SSSR count). The van der Waals surface area contributed by atoms with Crippen molar-refractivity contribution in [1.82, 2.24) is 4.98 Å². The number of halogens is 1. The molecule has 0 saturated heterocycles. The van der Waals surface area contributed by atoms with E-state index in [1.807, 2.05) is 13.0 Å². The molecule has 0 aliphatic heterocycles. The lowest BCUT2D eigenvalue weighted by Crippen LogP contribution is -1.99. The summed E-state index contributed by atoms with van der Waals surface area (Å²) in [6.45, 7) is 1.91. The topological polar surface area (TPSA) is 30.0 Å². The molecule has 2 aromatic rings. The Morgan fingerprint density at radius 3 is 2.80 bits per heavy atom. The standard InChI is InChI=1S/C11H8ClNOS/c1-7-4-8(6-13-5-7)11(14)9-2-3-10(12)15-9/h2-6H,1H3. The zero-order chi connectivity index (χ0) is 10.8. The molecule has 0 fully saturated rings. The molecule has 15 heavy (non-hydrogen) atoms. The second-order valence-electron chi connectivity index (χ2n) is 3.18. The van der Waals surface area contributed by atoms with Gasteiger partial charge in [-0.15, -0.1) is 11.3 Å². The lowest BCUT2D eigenvalue weighted by molar-refractivity contribution is 0.104. The lowest BCUT2D eigenvalue weighted by Gasteiger charge is -1.98. The Morgan fingerprint density at radius 1 is 1.40 bits per heavy atom. The van der Waals surface area contributed by atoms with E-state index >= 15 is 0 Å². The summed E-state index contributed by atoms with van der Waals surface area (Å²) in [4.78, 5) is 16.6. The first-order valence-corrected chi connectivity index (χ1v) is 5.58. The Labute approximate surface area is 96.5 Å². The smallest absolute Gasteiger partial charge is 0.204 e. The molecule has 76 valence electrons. The molecule has 2 nitrogen and oxygen atoms in total. The molecule has 2 heterocycles. The minimum Gasteiger partial charge on any atom is -0.288 e. The van der Waals surface area contributed by atoms with Crippen LogP contribution < -0.4 is 0 Å². The Hall–Kier alpha value is -1.19. The van der Waals surface area contributed by atoms with E-state index < -0.39 is 0 Å². The van der Waals surface area contributed by atoms with Gasteiger partial charge in [0.05, 0.1) is 9.21 Å². The van der Waals surface area contributed by atoms with Crippen LogP contribution in [0.15, 0.2) is 30.6 Å². The summed E-state index contributed by atoms with van der Waals surface area (Å²) < 4.78 is 0.624. The monoisotopic (exact) mass is 237 g/mol. The molecule has 4 heteroatoms. The molecule has 0 radical (unpaired) electrons. The van der Waals surface area contributed by atoms with Gasteiger partial charge in [-0.3, -0.25) is 9.78 Å². The van der Waals surface area contributed by atoms with Crippen molar-refractivity contribution in [2.75, 3.05) is 0 Å². The summed E-state index contributed by atoms with van der Waals surface area (Å²) in [6.07, 6.45) is 3.29.